The highest BCUT2D eigenvalue weighted by Gasteiger charge is 2.18. The number of carbonyl (C=O) groups is 1. The minimum atomic E-state index is -1.16. The molecule has 3 aromatic rings. The second-order valence-corrected chi connectivity index (χ2v) is 5.89. The van der Waals surface area contributed by atoms with Crippen molar-refractivity contribution < 1.29 is 19.6 Å². The molecule has 0 bridgehead atoms. The Hall–Kier alpha value is -3.88. The lowest BCUT2D eigenvalue weighted by Gasteiger charge is -2.12. The van der Waals surface area contributed by atoms with Crippen molar-refractivity contribution >= 4 is 28.4 Å². The van der Waals surface area contributed by atoms with Crippen molar-refractivity contribution in [2.24, 2.45) is 0 Å². The topological polar surface area (TPSA) is 127 Å². The third-order valence-corrected chi connectivity index (χ3v) is 3.97. The number of fused-ring (bicyclic) bond motifs is 1. The summed E-state index contributed by atoms with van der Waals surface area (Å²) < 4.78 is 5.77. The molecule has 2 aromatic carbocycles. The molecule has 0 atom stereocenters. The lowest BCUT2D eigenvalue weighted by Crippen LogP contribution is -2.27. The zero-order valence-corrected chi connectivity index (χ0v) is 14.8. The highest BCUT2D eigenvalue weighted by atomic mass is 16.6. The maximum atomic E-state index is 11.3. The van der Waals surface area contributed by atoms with Crippen LogP contribution in [-0.2, 0) is 6.61 Å². The molecule has 0 aliphatic heterocycles. The number of anilines is 1. The van der Waals surface area contributed by atoms with Crippen LogP contribution in [0.4, 0.5) is 16.2 Å². The standard InChI is InChI=1S/C19H18N4O5/c24-19(25)21-9-8-20-18-15-7-6-14(28-12-13-4-2-1-3-5-13)10-16(15)22-11-17(18)23(26)27/h1-7,10-11,21H,8-9,12H2,(H,20,22)(H,24,25). The lowest BCUT2D eigenvalue weighted by atomic mass is 10.1. The van der Waals surface area contributed by atoms with Crippen LogP contribution < -0.4 is 15.4 Å². The molecule has 0 fully saturated rings. The Labute approximate surface area is 160 Å². The Morgan fingerprint density at radius 2 is 1.96 bits per heavy atom. The first-order valence-corrected chi connectivity index (χ1v) is 8.49. The van der Waals surface area contributed by atoms with Crippen LogP contribution in [0.5, 0.6) is 5.75 Å². The maximum Gasteiger partial charge on any atom is 0.404 e. The molecule has 28 heavy (non-hydrogen) atoms. The van der Waals surface area contributed by atoms with Gasteiger partial charge in [0.25, 0.3) is 0 Å². The number of hydrogen-bond donors (Lipinski definition) is 3. The third-order valence-electron chi connectivity index (χ3n) is 3.97. The Kier molecular flexibility index (Phi) is 5.85. The molecule has 9 heteroatoms. The Morgan fingerprint density at radius 1 is 1.18 bits per heavy atom. The fourth-order valence-electron chi connectivity index (χ4n) is 2.67. The van der Waals surface area contributed by atoms with Crippen molar-refractivity contribution in [3.63, 3.8) is 0 Å². The number of carboxylic acid groups (broad SMARTS) is 1. The van der Waals surface area contributed by atoms with Gasteiger partial charge in [-0.25, -0.2) is 9.78 Å². The van der Waals surface area contributed by atoms with Crippen LogP contribution in [0.3, 0.4) is 0 Å². The quantitative estimate of drug-likeness (QED) is 0.309. The van der Waals surface area contributed by atoms with E-state index in [-0.39, 0.29) is 24.5 Å². The molecule has 144 valence electrons. The van der Waals surface area contributed by atoms with Crippen LogP contribution >= 0.6 is 0 Å². The van der Waals surface area contributed by atoms with E-state index in [2.05, 4.69) is 15.6 Å². The highest BCUT2D eigenvalue weighted by Crippen LogP contribution is 2.33. The Bertz CT molecular complexity index is 994. The second kappa shape index (κ2) is 8.67. The van der Waals surface area contributed by atoms with Crippen LogP contribution in [-0.4, -0.2) is 34.2 Å². The third kappa shape index (κ3) is 4.64. The summed E-state index contributed by atoms with van der Waals surface area (Å²) in [7, 11) is 0. The summed E-state index contributed by atoms with van der Waals surface area (Å²) in [5, 5.41) is 25.6. The van der Waals surface area contributed by atoms with Gasteiger partial charge in [0.1, 0.15) is 24.2 Å². The molecule has 0 aliphatic rings. The molecule has 1 aromatic heterocycles. The maximum absolute atomic E-state index is 11.3. The minimum Gasteiger partial charge on any atom is -0.489 e. The average Bonchev–Trinajstić information content (AvgIpc) is 2.69. The predicted molar refractivity (Wildman–Crippen MR) is 104 cm³/mol. The Morgan fingerprint density at radius 3 is 2.68 bits per heavy atom. The van der Waals surface area contributed by atoms with Gasteiger partial charge in [0, 0.05) is 24.5 Å². The largest absolute Gasteiger partial charge is 0.489 e. The smallest absolute Gasteiger partial charge is 0.404 e. The molecule has 0 saturated carbocycles. The van der Waals surface area contributed by atoms with E-state index in [1.54, 1.807) is 18.2 Å². The van der Waals surface area contributed by atoms with Gasteiger partial charge < -0.3 is 20.5 Å². The van der Waals surface area contributed by atoms with E-state index in [1.165, 1.54) is 6.20 Å². The van der Waals surface area contributed by atoms with E-state index in [0.717, 1.165) is 5.56 Å². The number of nitro groups is 1. The van der Waals surface area contributed by atoms with Crippen molar-refractivity contribution in [1.29, 1.82) is 0 Å². The molecule has 0 saturated heterocycles. The number of benzene rings is 2. The first-order valence-electron chi connectivity index (χ1n) is 8.49. The van der Waals surface area contributed by atoms with Crippen LogP contribution in [0, 0.1) is 10.1 Å². The number of ether oxygens (including phenoxy) is 1. The van der Waals surface area contributed by atoms with E-state index in [9.17, 15) is 14.9 Å². The van der Waals surface area contributed by atoms with Gasteiger partial charge in [-0.15, -0.1) is 0 Å². The number of aromatic nitrogens is 1. The van der Waals surface area contributed by atoms with Gasteiger partial charge >= 0.3 is 11.8 Å². The van der Waals surface area contributed by atoms with E-state index >= 15 is 0 Å². The first-order chi connectivity index (χ1) is 13.5. The summed E-state index contributed by atoms with van der Waals surface area (Å²) in [6.45, 7) is 0.693. The molecule has 1 amide bonds. The molecular formula is C19H18N4O5. The van der Waals surface area contributed by atoms with Gasteiger partial charge in [0.15, 0.2) is 0 Å². The van der Waals surface area contributed by atoms with Gasteiger partial charge in [0.2, 0.25) is 0 Å². The van der Waals surface area contributed by atoms with Crippen molar-refractivity contribution in [2.45, 2.75) is 6.61 Å². The van der Waals surface area contributed by atoms with Gasteiger partial charge in [-0.1, -0.05) is 30.3 Å². The van der Waals surface area contributed by atoms with E-state index in [1.807, 2.05) is 30.3 Å². The molecule has 0 spiro atoms. The summed E-state index contributed by atoms with van der Waals surface area (Å²) in [6.07, 6.45) is 0.0205. The van der Waals surface area contributed by atoms with Crippen molar-refractivity contribution in [3.05, 3.63) is 70.4 Å². The normalized spacial score (nSPS) is 10.4. The molecule has 0 aliphatic carbocycles. The first kappa shape index (κ1) is 18.9. The van der Waals surface area contributed by atoms with Crippen LogP contribution in [0.2, 0.25) is 0 Å². The van der Waals surface area contributed by atoms with Crippen LogP contribution in [0.25, 0.3) is 10.9 Å². The number of pyridine rings is 1. The van der Waals surface area contributed by atoms with E-state index in [0.29, 0.717) is 23.3 Å². The van der Waals surface area contributed by atoms with E-state index in [4.69, 9.17) is 9.84 Å². The Balaban J connectivity index is 1.82. The monoisotopic (exact) mass is 382 g/mol. The molecule has 1 heterocycles. The molecule has 3 rings (SSSR count). The van der Waals surface area contributed by atoms with Gasteiger partial charge in [-0.2, -0.15) is 0 Å². The number of rotatable bonds is 8. The molecule has 0 unspecified atom stereocenters. The van der Waals surface area contributed by atoms with Crippen molar-refractivity contribution in [1.82, 2.24) is 10.3 Å². The predicted octanol–water partition coefficient (Wildman–Crippen LogP) is 3.40. The summed E-state index contributed by atoms with van der Waals surface area (Å²) in [5.74, 6) is 0.594. The molecule has 9 nitrogen and oxygen atoms in total. The number of nitrogens with one attached hydrogen (secondary N) is 2. The molecular weight excluding hydrogens is 364 g/mol. The summed E-state index contributed by atoms with van der Waals surface area (Å²) in [6, 6.07) is 14.8. The minimum absolute atomic E-state index is 0.106. The summed E-state index contributed by atoms with van der Waals surface area (Å²) >= 11 is 0. The zero-order valence-electron chi connectivity index (χ0n) is 14.8. The van der Waals surface area contributed by atoms with Crippen molar-refractivity contribution in [3.8, 4) is 5.75 Å². The van der Waals surface area contributed by atoms with Crippen molar-refractivity contribution in [2.75, 3.05) is 18.4 Å². The highest BCUT2D eigenvalue weighted by molar-refractivity contribution is 5.96. The summed E-state index contributed by atoms with van der Waals surface area (Å²) in [4.78, 5) is 25.5. The number of nitrogens with zero attached hydrogens (tertiary/aromatic N) is 2. The average molecular weight is 382 g/mol. The lowest BCUT2D eigenvalue weighted by molar-refractivity contribution is -0.384. The molecule has 0 radical (unpaired) electrons. The van der Waals surface area contributed by atoms with Gasteiger partial charge in [0.05, 0.1) is 10.4 Å². The zero-order chi connectivity index (χ0) is 19.9. The molecule has 3 N–H and O–H groups in total. The van der Waals surface area contributed by atoms with Crippen LogP contribution in [0.15, 0.2) is 54.7 Å². The van der Waals surface area contributed by atoms with Gasteiger partial charge in [-0.3, -0.25) is 10.1 Å². The fraction of sp³-hybridized carbons (Fsp3) is 0.158. The van der Waals surface area contributed by atoms with Crippen LogP contribution in [0.1, 0.15) is 5.56 Å². The number of amides is 1. The van der Waals surface area contributed by atoms with Gasteiger partial charge in [-0.05, 0) is 17.7 Å². The second-order valence-electron chi connectivity index (χ2n) is 5.89. The summed E-state index contributed by atoms with van der Waals surface area (Å²) in [5.41, 5.74) is 1.66. The fourth-order valence-corrected chi connectivity index (χ4v) is 2.67. The van der Waals surface area contributed by atoms with E-state index < -0.39 is 11.0 Å². The number of hydrogen-bond acceptors (Lipinski definition) is 6. The SMILES string of the molecule is O=C(O)NCCNc1c([N+](=O)[O-])cnc2cc(OCc3ccccc3)ccc12.